The molecule has 0 bridgehead atoms. The normalized spacial score (nSPS) is 11.8. The molecule has 0 radical (unpaired) electrons. The third kappa shape index (κ3) is 6.11. The van der Waals surface area contributed by atoms with Crippen molar-refractivity contribution in [3.63, 3.8) is 0 Å². The molecule has 0 saturated heterocycles. The molecule has 152 valence electrons. The number of rotatable bonds is 10. The van der Waals surface area contributed by atoms with Gasteiger partial charge in [0.05, 0.1) is 0 Å². The Morgan fingerprint density at radius 1 is 0.643 bits per heavy atom. The number of nitrogens with zero attached hydrogens (tertiary/aromatic N) is 2. The minimum Gasteiger partial charge on any atom is -0.508 e. The highest BCUT2D eigenvalue weighted by atomic mass is 16.3. The van der Waals surface area contributed by atoms with Crippen LogP contribution in [0.25, 0.3) is 12.2 Å². The average Bonchev–Trinajstić information content (AvgIpc) is 2.72. The van der Waals surface area contributed by atoms with Crippen LogP contribution in [0, 0.1) is 0 Å². The van der Waals surface area contributed by atoms with Gasteiger partial charge in [0.25, 0.3) is 0 Å². The lowest BCUT2D eigenvalue weighted by Gasteiger charge is -2.19. The summed E-state index contributed by atoms with van der Waals surface area (Å²) >= 11 is 0. The quantitative estimate of drug-likeness (QED) is 0.571. The molecule has 0 aliphatic carbocycles. The average molecular weight is 383 g/mol. The summed E-state index contributed by atoms with van der Waals surface area (Å²) in [4.78, 5) is 4.56. The first-order chi connectivity index (χ1) is 13.5. The first-order valence-electron chi connectivity index (χ1n) is 10.3. The second kappa shape index (κ2) is 10.9. The molecule has 0 atom stereocenters. The van der Waals surface area contributed by atoms with E-state index in [1.54, 1.807) is 12.1 Å². The van der Waals surface area contributed by atoms with Crippen molar-refractivity contribution in [2.45, 2.75) is 40.8 Å². The Bertz CT molecular complexity index is 713. The SMILES string of the molecule is CCN(CC)Cc1cc(/C=C\c2ccc(O)c(CN(CC)CC)c2)ccc1O. The molecule has 4 nitrogen and oxygen atoms in total. The maximum absolute atomic E-state index is 10.2. The monoisotopic (exact) mass is 382 g/mol. The van der Waals surface area contributed by atoms with Gasteiger partial charge >= 0.3 is 0 Å². The van der Waals surface area contributed by atoms with Crippen molar-refractivity contribution in [3.8, 4) is 11.5 Å². The summed E-state index contributed by atoms with van der Waals surface area (Å²) in [6, 6.07) is 11.5. The predicted octanol–water partition coefficient (Wildman–Crippen LogP) is 4.95. The molecule has 0 fully saturated rings. The summed E-state index contributed by atoms with van der Waals surface area (Å²) in [5.41, 5.74) is 3.99. The van der Waals surface area contributed by atoms with Crippen LogP contribution in [0.1, 0.15) is 49.9 Å². The standard InChI is InChI=1S/C24H34N2O2/c1-5-25(6-2)17-21-15-19(11-13-23(21)27)9-10-20-12-14-24(28)22(16-20)18-26(7-3)8-4/h9-16,27-28H,5-8,17-18H2,1-4H3/b10-9-. The van der Waals surface area contributed by atoms with Crippen LogP contribution in [0.5, 0.6) is 11.5 Å². The number of hydrogen-bond acceptors (Lipinski definition) is 4. The minimum absolute atomic E-state index is 0.343. The van der Waals surface area contributed by atoms with E-state index < -0.39 is 0 Å². The minimum atomic E-state index is 0.343. The van der Waals surface area contributed by atoms with Crippen LogP contribution in [0.15, 0.2) is 36.4 Å². The largest absolute Gasteiger partial charge is 0.508 e. The molecular formula is C24H34N2O2. The lowest BCUT2D eigenvalue weighted by atomic mass is 10.1. The molecule has 0 spiro atoms. The highest BCUT2D eigenvalue weighted by Crippen LogP contribution is 2.24. The highest BCUT2D eigenvalue weighted by Gasteiger charge is 2.08. The fraction of sp³-hybridized carbons (Fsp3) is 0.417. The van der Waals surface area contributed by atoms with E-state index in [1.165, 1.54) is 0 Å². The van der Waals surface area contributed by atoms with Gasteiger partial charge in [-0.05, 0) is 61.6 Å². The number of phenolic OH excluding ortho intramolecular Hbond substituents is 2. The van der Waals surface area contributed by atoms with E-state index in [1.807, 2.05) is 24.3 Å². The van der Waals surface area contributed by atoms with Crippen molar-refractivity contribution < 1.29 is 10.2 Å². The molecule has 2 aromatic carbocycles. The molecule has 0 heterocycles. The van der Waals surface area contributed by atoms with Crippen molar-refractivity contribution >= 4 is 12.2 Å². The van der Waals surface area contributed by atoms with Gasteiger partial charge in [-0.25, -0.2) is 0 Å². The third-order valence-electron chi connectivity index (χ3n) is 5.25. The van der Waals surface area contributed by atoms with Crippen LogP contribution >= 0.6 is 0 Å². The fourth-order valence-corrected chi connectivity index (χ4v) is 3.24. The Labute approximate surface area is 169 Å². The van der Waals surface area contributed by atoms with Gasteiger partial charge in [0.1, 0.15) is 11.5 Å². The summed E-state index contributed by atoms with van der Waals surface area (Å²) in [6.45, 7) is 13.8. The van der Waals surface area contributed by atoms with Crippen LogP contribution in [0.3, 0.4) is 0 Å². The van der Waals surface area contributed by atoms with Gasteiger partial charge in [-0.15, -0.1) is 0 Å². The smallest absolute Gasteiger partial charge is 0.120 e. The second-order valence-electron chi connectivity index (χ2n) is 7.03. The van der Waals surface area contributed by atoms with Gasteiger partial charge in [0, 0.05) is 24.2 Å². The van der Waals surface area contributed by atoms with E-state index in [2.05, 4.69) is 49.6 Å². The zero-order valence-corrected chi connectivity index (χ0v) is 17.7. The van der Waals surface area contributed by atoms with E-state index in [4.69, 9.17) is 0 Å². The van der Waals surface area contributed by atoms with Crippen molar-refractivity contribution in [1.29, 1.82) is 0 Å². The molecule has 2 rings (SSSR count). The number of phenols is 2. The van der Waals surface area contributed by atoms with E-state index >= 15 is 0 Å². The van der Waals surface area contributed by atoms with E-state index in [-0.39, 0.29) is 0 Å². The Kier molecular flexibility index (Phi) is 8.55. The lowest BCUT2D eigenvalue weighted by molar-refractivity contribution is 0.291. The van der Waals surface area contributed by atoms with Gasteiger partial charge in [0.2, 0.25) is 0 Å². The zero-order valence-electron chi connectivity index (χ0n) is 17.7. The van der Waals surface area contributed by atoms with E-state index in [0.717, 1.165) is 61.5 Å². The summed E-state index contributed by atoms with van der Waals surface area (Å²) < 4.78 is 0. The van der Waals surface area contributed by atoms with Gasteiger partial charge in [0.15, 0.2) is 0 Å². The van der Waals surface area contributed by atoms with Crippen LogP contribution in [-0.4, -0.2) is 46.2 Å². The summed E-state index contributed by atoms with van der Waals surface area (Å²) in [6.07, 6.45) is 4.11. The van der Waals surface area contributed by atoms with Crippen molar-refractivity contribution in [3.05, 3.63) is 58.7 Å². The molecule has 2 N–H and O–H groups in total. The van der Waals surface area contributed by atoms with E-state index in [0.29, 0.717) is 11.5 Å². The zero-order chi connectivity index (χ0) is 20.5. The lowest BCUT2D eigenvalue weighted by Crippen LogP contribution is -2.22. The molecule has 0 amide bonds. The molecule has 0 aliphatic heterocycles. The third-order valence-corrected chi connectivity index (χ3v) is 5.25. The predicted molar refractivity (Wildman–Crippen MR) is 118 cm³/mol. The number of aromatic hydroxyl groups is 2. The molecular weight excluding hydrogens is 348 g/mol. The Morgan fingerprint density at radius 3 is 1.32 bits per heavy atom. The maximum Gasteiger partial charge on any atom is 0.120 e. The first kappa shape index (κ1) is 22.0. The molecule has 2 aromatic rings. The summed E-state index contributed by atoms with van der Waals surface area (Å²) in [5.74, 6) is 0.686. The Balaban J connectivity index is 2.19. The van der Waals surface area contributed by atoms with Crippen LogP contribution in [0.2, 0.25) is 0 Å². The van der Waals surface area contributed by atoms with E-state index in [9.17, 15) is 10.2 Å². The van der Waals surface area contributed by atoms with Gasteiger partial charge in [-0.2, -0.15) is 0 Å². The second-order valence-corrected chi connectivity index (χ2v) is 7.03. The van der Waals surface area contributed by atoms with Crippen molar-refractivity contribution in [2.75, 3.05) is 26.2 Å². The molecule has 0 aliphatic rings. The van der Waals surface area contributed by atoms with Gasteiger partial charge in [-0.1, -0.05) is 52.0 Å². The molecule has 0 aromatic heterocycles. The molecule has 28 heavy (non-hydrogen) atoms. The van der Waals surface area contributed by atoms with Crippen LogP contribution in [-0.2, 0) is 13.1 Å². The Morgan fingerprint density at radius 2 is 1.00 bits per heavy atom. The van der Waals surface area contributed by atoms with Crippen LogP contribution in [0.4, 0.5) is 0 Å². The highest BCUT2D eigenvalue weighted by molar-refractivity contribution is 5.71. The van der Waals surface area contributed by atoms with Crippen molar-refractivity contribution in [1.82, 2.24) is 9.80 Å². The summed E-state index contributed by atoms with van der Waals surface area (Å²) in [7, 11) is 0. The fourth-order valence-electron chi connectivity index (χ4n) is 3.24. The molecule has 4 heteroatoms. The topological polar surface area (TPSA) is 46.9 Å². The number of benzene rings is 2. The molecule has 0 unspecified atom stereocenters. The van der Waals surface area contributed by atoms with Gasteiger partial charge < -0.3 is 10.2 Å². The van der Waals surface area contributed by atoms with Gasteiger partial charge in [-0.3, -0.25) is 9.80 Å². The first-order valence-corrected chi connectivity index (χ1v) is 10.3. The molecule has 0 saturated carbocycles. The van der Waals surface area contributed by atoms with Crippen LogP contribution < -0.4 is 0 Å². The maximum atomic E-state index is 10.2. The number of hydrogen-bond donors (Lipinski definition) is 2. The summed E-state index contributed by atoms with van der Waals surface area (Å²) in [5, 5.41) is 20.3. The Hall–Kier alpha value is -2.30. The van der Waals surface area contributed by atoms with Crippen molar-refractivity contribution in [2.24, 2.45) is 0 Å².